The van der Waals surface area contributed by atoms with Crippen LogP contribution in [-0.2, 0) is 9.84 Å². The summed E-state index contributed by atoms with van der Waals surface area (Å²) in [7, 11) is -3.07. The molecular weight excluding hydrogens is 254 g/mol. The summed E-state index contributed by atoms with van der Waals surface area (Å²) in [5, 5.41) is 3.49. The first-order valence-electron chi connectivity index (χ1n) is 5.82. The van der Waals surface area contributed by atoms with E-state index in [1.165, 1.54) is 5.75 Å². The van der Waals surface area contributed by atoms with Gasteiger partial charge in [-0.25, -0.2) is 8.42 Å². The van der Waals surface area contributed by atoms with Gasteiger partial charge in [0.2, 0.25) is 0 Å². The fraction of sp³-hybridized carbons (Fsp3) is 0.500. The minimum atomic E-state index is -3.07. The highest BCUT2D eigenvalue weighted by Crippen LogP contribution is 2.34. The summed E-state index contributed by atoms with van der Waals surface area (Å²) in [4.78, 5) is 0.517. The van der Waals surface area contributed by atoms with E-state index in [2.05, 4.69) is 5.32 Å². The lowest BCUT2D eigenvalue weighted by atomic mass is 10.1. The molecular formula is C12H15NO2S2. The number of hydrogen-bond acceptors (Lipinski definition) is 4. The Labute approximate surface area is 106 Å². The Bertz CT molecular complexity index is 521. The Balaban J connectivity index is 1.88. The number of nitrogens with one attached hydrogen (secondary N) is 1. The van der Waals surface area contributed by atoms with Crippen molar-refractivity contribution >= 4 is 21.6 Å². The fourth-order valence-electron chi connectivity index (χ4n) is 2.54. The Morgan fingerprint density at radius 3 is 2.88 bits per heavy atom. The molecule has 0 saturated carbocycles. The first kappa shape index (κ1) is 11.6. The van der Waals surface area contributed by atoms with Crippen molar-refractivity contribution in [2.24, 2.45) is 0 Å². The lowest BCUT2D eigenvalue weighted by Crippen LogP contribution is -2.33. The fourth-order valence-corrected chi connectivity index (χ4v) is 5.45. The van der Waals surface area contributed by atoms with Gasteiger partial charge in [-0.15, -0.1) is 0 Å². The van der Waals surface area contributed by atoms with Gasteiger partial charge in [-0.1, -0.05) is 18.2 Å². The van der Waals surface area contributed by atoms with E-state index in [9.17, 15) is 8.42 Å². The third kappa shape index (κ3) is 2.11. The van der Waals surface area contributed by atoms with E-state index in [0.29, 0.717) is 10.9 Å². The largest absolute Gasteiger partial charge is 0.305 e. The van der Waals surface area contributed by atoms with Crippen molar-refractivity contribution in [3.05, 3.63) is 29.8 Å². The van der Waals surface area contributed by atoms with Gasteiger partial charge in [-0.2, -0.15) is 11.8 Å². The second kappa shape index (κ2) is 4.30. The van der Waals surface area contributed by atoms with E-state index in [-0.39, 0.29) is 11.8 Å². The van der Waals surface area contributed by atoms with Crippen LogP contribution in [0.1, 0.15) is 18.0 Å². The molecule has 3 rings (SSSR count). The maximum atomic E-state index is 12.0. The van der Waals surface area contributed by atoms with Gasteiger partial charge in [-0.05, 0) is 23.8 Å². The van der Waals surface area contributed by atoms with Crippen LogP contribution in [-0.4, -0.2) is 31.7 Å². The van der Waals surface area contributed by atoms with E-state index in [0.717, 1.165) is 17.7 Å². The Morgan fingerprint density at radius 2 is 2.12 bits per heavy atom. The molecule has 2 atom stereocenters. The van der Waals surface area contributed by atoms with Gasteiger partial charge in [0, 0.05) is 17.8 Å². The Morgan fingerprint density at radius 1 is 1.29 bits per heavy atom. The Kier molecular flexibility index (Phi) is 2.92. The molecule has 92 valence electrons. The second-order valence-corrected chi connectivity index (χ2v) is 7.75. The minimum absolute atomic E-state index is 0.0140. The topological polar surface area (TPSA) is 46.2 Å². The lowest BCUT2D eigenvalue weighted by Gasteiger charge is -2.17. The molecule has 0 radical (unpaired) electrons. The SMILES string of the molecule is O=S1(=O)CC(NC2CCSC2)c2ccccc21. The van der Waals surface area contributed by atoms with Crippen molar-refractivity contribution in [1.82, 2.24) is 5.32 Å². The first-order chi connectivity index (χ1) is 8.17. The highest BCUT2D eigenvalue weighted by atomic mass is 32.2. The van der Waals surface area contributed by atoms with Gasteiger partial charge >= 0.3 is 0 Å². The van der Waals surface area contributed by atoms with Crippen molar-refractivity contribution in [2.45, 2.75) is 23.4 Å². The molecule has 0 spiro atoms. The number of hydrogen-bond donors (Lipinski definition) is 1. The van der Waals surface area contributed by atoms with Gasteiger partial charge < -0.3 is 5.32 Å². The van der Waals surface area contributed by atoms with E-state index in [1.807, 2.05) is 23.9 Å². The molecule has 3 nitrogen and oxygen atoms in total. The zero-order chi connectivity index (χ0) is 11.9. The quantitative estimate of drug-likeness (QED) is 0.886. The summed E-state index contributed by atoms with van der Waals surface area (Å²) in [6.07, 6.45) is 1.14. The van der Waals surface area contributed by atoms with E-state index in [1.54, 1.807) is 12.1 Å². The molecule has 1 saturated heterocycles. The summed E-state index contributed by atoms with van der Waals surface area (Å²) in [5.74, 6) is 2.49. The van der Waals surface area contributed by atoms with E-state index in [4.69, 9.17) is 0 Å². The summed E-state index contributed by atoms with van der Waals surface area (Å²) in [5.41, 5.74) is 0.949. The third-order valence-corrected chi connectivity index (χ3v) is 6.36. The van der Waals surface area contributed by atoms with Crippen LogP contribution >= 0.6 is 11.8 Å². The average molecular weight is 269 g/mol. The number of benzene rings is 1. The van der Waals surface area contributed by atoms with Crippen molar-refractivity contribution in [3.63, 3.8) is 0 Å². The molecule has 2 unspecified atom stereocenters. The molecule has 2 heterocycles. The number of thioether (sulfide) groups is 1. The van der Waals surface area contributed by atoms with Crippen molar-refractivity contribution in [2.75, 3.05) is 17.3 Å². The van der Waals surface area contributed by atoms with Crippen LogP contribution < -0.4 is 5.32 Å². The van der Waals surface area contributed by atoms with Gasteiger partial charge in [0.1, 0.15) is 0 Å². The lowest BCUT2D eigenvalue weighted by molar-refractivity contribution is 0.488. The normalized spacial score (nSPS) is 30.4. The zero-order valence-corrected chi connectivity index (χ0v) is 11.1. The molecule has 1 aromatic carbocycles. The average Bonchev–Trinajstić information content (AvgIpc) is 2.88. The molecule has 2 aliphatic heterocycles. The molecule has 0 aromatic heterocycles. The van der Waals surface area contributed by atoms with Gasteiger partial charge in [0.25, 0.3) is 0 Å². The van der Waals surface area contributed by atoms with Gasteiger partial charge in [0.15, 0.2) is 9.84 Å². The predicted octanol–water partition coefficient (Wildman–Crippen LogP) is 1.61. The molecule has 0 aliphatic carbocycles. The minimum Gasteiger partial charge on any atom is -0.305 e. The molecule has 5 heteroatoms. The van der Waals surface area contributed by atoms with Crippen molar-refractivity contribution in [1.29, 1.82) is 0 Å². The van der Waals surface area contributed by atoms with Crippen LogP contribution in [0.5, 0.6) is 0 Å². The zero-order valence-electron chi connectivity index (χ0n) is 9.43. The smallest absolute Gasteiger partial charge is 0.180 e. The molecule has 1 N–H and O–H groups in total. The van der Waals surface area contributed by atoms with E-state index < -0.39 is 9.84 Å². The molecule has 17 heavy (non-hydrogen) atoms. The van der Waals surface area contributed by atoms with Crippen molar-refractivity contribution < 1.29 is 8.42 Å². The highest BCUT2D eigenvalue weighted by molar-refractivity contribution is 7.99. The second-order valence-electron chi connectivity index (χ2n) is 4.60. The maximum absolute atomic E-state index is 12.0. The summed E-state index contributed by atoms with van der Waals surface area (Å²) in [6.45, 7) is 0. The van der Waals surface area contributed by atoms with Gasteiger partial charge in [-0.3, -0.25) is 0 Å². The van der Waals surface area contributed by atoms with Crippen LogP contribution in [0.4, 0.5) is 0 Å². The molecule has 1 fully saturated rings. The first-order valence-corrected chi connectivity index (χ1v) is 8.63. The standard InChI is InChI=1S/C12H15NO2S2/c14-17(15)8-11(13-9-5-6-16-7-9)10-3-1-2-4-12(10)17/h1-4,9,11,13H,5-8H2. The predicted molar refractivity (Wildman–Crippen MR) is 70.1 cm³/mol. The number of fused-ring (bicyclic) bond motifs is 1. The van der Waals surface area contributed by atoms with Crippen LogP contribution in [0.2, 0.25) is 0 Å². The summed E-state index contributed by atoms with van der Waals surface area (Å²) >= 11 is 1.93. The summed E-state index contributed by atoms with van der Waals surface area (Å²) in [6, 6.07) is 7.81. The number of sulfone groups is 1. The molecule has 0 amide bonds. The van der Waals surface area contributed by atoms with Crippen molar-refractivity contribution in [3.8, 4) is 0 Å². The molecule has 1 aromatic rings. The van der Waals surface area contributed by atoms with Crippen LogP contribution in [0, 0.1) is 0 Å². The Hall–Kier alpha value is -0.520. The maximum Gasteiger partial charge on any atom is 0.180 e. The monoisotopic (exact) mass is 269 g/mol. The van der Waals surface area contributed by atoms with Crippen LogP contribution in [0.15, 0.2) is 29.2 Å². The summed E-state index contributed by atoms with van der Waals surface area (Å²) < 4.78 is 24.0. The van der Waals surface area contributed by atoms with Crippen LogP contribution in [0.3, 0.4) is 0 Å². The highest BCUT2D eigenvalue weighted by Gasteiger charge is 2.35. The van der Waals surface area contributed by atoms with Gasteiger partial charge in [0.05, 0.1) is 10.6 Å². The number of rotatable bonds is 2. The molecule has 0 bridgehead atoms. The van der Waals surface area contributed by atoms with Crippen LogP contribution in [0.25, 0.3) is 0 Å². The third-order valence-electron chi connectivity index (χ3n) is 3.38. The van der Waals surface area contributed by atoms with E-state index >= 15 is 0 Å². The molecule has 2 aliphatic rings.